The quantitative estimate of drug-likeness (QED) is 0.569. The van der Waals surface area contributed by atoms with Crippen LogP contribution in [0.1, 0.15) is 17.3 Å². The monoisotopic (exact) mass is 329 g/mol. The lowest BCUT2D eigenvalue weighted by molar-refractivity contribution is 0.0526. The highest BCUT2D eigenvalue weighted by Crippen LogP contribution is 2.21. The van der Waals surface area contributed by atoms with Gasteiger partial charge in [0.05, 0.1) is 12.2 Å². The highest BCUT2D eigenvalue weighted by atomic mass is 32.2. The molecular weight excluding hydrogens is 314 g/mol. The summed E-state index contributed by atoms with van der Waals surface area (Å²) in [7, 11) is 0. The molecule has 0 spiro atoms. The molecule has 23 heavy (non-hydrogen) atoms. The fourth-order valence-corrected chi connectivity index (χ4v) is 2.37. The smallest absolute Gasteiger partial charge is 0.338 e. The van der Waals surface area contributed by atoms with Gasteiger partial charge in [0, 0.05) is 18.1 Å². The van der Waals surface area contributed by atoms with Gasteiger partial charge in [-0.1, -0.05) is 11.8 Å². The van der Waals surface area contributed by atoms with Crippen molar-refractivity contribution in [2.45, 2.75) is 12.1 Å². The Morgan fingerprint density at radius 1 is 1.35 bits per heavy atom. The minimum atomic E-state index is -0.332. The molecule has 0 fully saturated rings. The van der Waals surface area contributed by atoms with Gasteiger partial charge >= 0.3 is 5.97 Å². The number of benzene rings is 1. The van der Waals surface area contributed by atoms with Gasteiger partial charge in [0.2, 0.25) is 5.16 Å². The fourth-order valence-electron chi connectivity index (χ4n) is 2.02. The molecule has 8 heteroatoms. The second-order valence-corrected chi connectivity index (χ2v) is 5.34. The van der Waals surface area contributed by atoms with E-state index in [1.165, 1.54) is 11.8 Å². The molecular formula is C15H15N5O2S. The Bertz CT molecular complexity index is 832. The number of ether oxygens (including phenoxy) is 1. The van der Waals surface area contributed by atoms with Gasteiger partial charge in [0.1, 0.15) is 0 Å². The van der Waals surface area contributed by atoms with Gasteiger partial charge < -0.3 is 10.1 Å². The van der Waals surface area contributed by atoms with Crippen molar-refractivity contribution in [3.63, 3.8) is 0 Å². The zero-order valence-corrected chi connectivity index (χ0v) is 13.5. The minimum absolute atomic E-state index is 0.332. The van der Waals surface area contributed by atoms with Crippen LogP contribution in [0.5, 0.6) is 0 Å². The highest BCUT2D eigenvalue weighted by molar-refractivity contribution is 7.98. The van der Waals surface area contributed by atoms with E-state index < -0.39 is 0 Å². The number of fused-ring (bicyclic) bond motifs is 1. The van der Waals surface area contributed by atoms with Crippen molar-refractivity contribution >= 4 is 34.9 Å². The maximum absolute atomic E-state index is 11.7. The number of nitrogens with one attached hydrogen (secondary N) is 1. The van der Waals surface area contributed by atoms with Crippen molar-refractivity contribution in [2.24, 2.45) is 0 Å². The van der Waals surface area contributed by atoms with Crippen LogP contribution < -0.4 is 5.32 Å². The molecule has 0 unspecified atom stereocenters. The Labute approximate surface area is 137 Å². The summed E-state index contributed by atoms with van der Waals surface area (Å²) in [6.45, 7) is 2.14. The minimum Gasteiger partial charge on any atom is -0.462 e. The number of anilines is 2. The summed E-state index contributed by atoms with van der Waals surface area (Å²) in [4.78, 5) is 20.4. The Hall–Kier alpha value is -2.61. The first-order valence-electron chi connectivity index (χ1n) is 7.01. The first kappa shape index (κ1) is 15.3. The summed E-state index contributed by atoms with van der Waals surface area (Å²) < 4.78 is 6.64. The van der Waals surface area contributed by atoms with Crippen molar-refractivity contribution in [3.8, 4) is 0 Å². The van der Waals surface area contributed by atoms with Crippen molar-refractivity contribution in [3.05, 3.63) is 42.2 Å². The van der Waals surface area contributed by atoms with Crippen LogP contribution in [-0.2, 0) is 4.74 Å². The van der Waals surface area contributed by atoms with Crippen LogP contribution in [0.2, 0.25) is 0 Å². The highest BCUT2D eigenvalue weighted by Gasteiger charge is 2.10. The number of carbonyl (C=O) groups is 1. The number of nitrogens with zero attached hydrogens (tertiary/aromatic N) is 4. The van der Waals surface area contributed by atoms with Gasteiger partial charge in [-0.15, -0.1) is 5.10 Å². The first-order valence-corrected chi connectivity index (χ1v) is 8.23. The van der Waals surface area contributed by atoms with Crippen molar-refractivity contribution in [2.75, 3.05) is 18.2 Å². The molecule has 0 radical (unpaired) electrons. The van der Waals surface area contributed by atoms with Crippen molar-refractivity contribution in [1.82, 2.24) is 19.6 Å². The molecule has 0 atom stereocenters. The van der Waals surface area contributed by atoms with E-state index in [0.29, 0.717) is 28.8 Å². The van der Waals surface area contributed by atoms with Gasteiger partial charge in [-0.3, -0.25) is 0 Å². The summed E-state index contributed by atoms with van der Waals surface area (Å²) in [5.74, 6) is 0.277. The van der Waals surface area contributed by atoms with Crippen LogP contribution in [0.25, 0.3) is 5.65 Å². The molecule has 0 amide bonds. The maximum atomic E-state index is 11.7. The van der Waals surface area contributed by atoms with Crippen LogP contribution in [0, 0.1) is 0 Å². The Balaban J connectivity index is 1.87. The average molecular weight is 329 g/mol. The number of imidazole rings is 1. The van der Waals surface area contributed by atoms with E-state index in [9.17, 15) is 4.79 Å². The zero-order valence-electron chi connectivity index (χ0n) is 12.7. The molecule has 7 nitrogen and oxygen atoms in total. The molecule has 1 N–H and O–H groups in total. The molecule has 3 rings (SSSR count). The van der Waals surface area contributed by atoms with E-state index in [1.807, 2.05) is 6.26 Å². The van der Waals surface area contributed by atoms with Crippen LogP contribution in [-0.4, -0.2) is 38.4 Å². The summed E-state index contributed by atoms with van der Waals surface area (Å²) in [5.41, 5.74) is 1.95. The van der Waals surface area contributed by atoms with Crippen LogP contribution in [0.15, 0.2) is 41.8 Å². The average Bonchev–Trinajstić information content (AvgIpc) is 3.04. The number of aromatic nitrogens is 4. The standard InChI is InChI=1S/C15H15N5O2S/c1-3-22-14(21)10-4-6-11(7-5-10)17-12-13-16-8-9-20(13)19-15(18-12)23-2/h4-9H,3H2,1-2H3,(H,17,18,19). The third kappa shape index (κ3) is 3.26. The van der Waals surface area contributed by atoms with Gasteiger partial charge in [-0.25, -0.2) is 14.3 Å². The van der Waals surface area contributed by atoms with E-state index in [0.717, 1.165) is 5.69 Å². The third-order valence-electron chi connectivity index (χ3n) is 3.08. The van der Waals surface area contributed by atoms with Crippen LogP contribution in [0.3, 0.4) is 0 Å². The summed E-state index contributed by atoms with van der Waals surface area (Å²) in [6, 6.07) is 7.01. The van der Waals surface area contributed by atoms with E-state index in [2.05, 4.69) is 20.4 Å². The largest absolute Gasteiger partial charge is 0.462 e. The van der Waals surface area contributed by atoms with E-state index in [-0.39, 0.29) is 5.97 Å². The van der Waals surface area contributed by atoms with Crippen LogP contribution >= 0.6 is 11.8 Å². The summed E-state index contributed by atoms with van der Waals surface area (Å²) >= 11 is 1.45. The molecule has 1 aromatic carbocycles. The molecule has 0 bridgehead atoms. The molecule has 0 saturated carbocycles. The number of hydrogen-bond acceptors (Lipinski definition) is 7. The predicted octanol–water partition coefficient (Wildman–Crippen LogP) is 2.77. The lowest BCUT2D eigenvalue weighted by atomic mass is 10.2. The number of thioether (sulfide) groups is 1. The van der Waals surface area contributed by atoms with Gasteiger partial charge in [0.15, 0.2) is 11.5 Å². The summed E-state index contributed by atoms with van der Waals surface area (Å²) in [5, 5.41) is 8.16. The molecule has 0 aliphatic heterocycles. The number of carbonyl (C=O) groups excluding carboxylic acids is 1. The second-order valence-electron chi connectivity index (χ2n) is 4.57. The molecule has 0 saturated heterocycles. The zero-order chi connectivity index (χ0) is 16.2. The molecule has 2 heterocycles. The normalized spacial score (nSPS) is 10.7. The maximum Gasteiger partial charge on any atom is 0.338 e. The SMILES string of the molecule is CCOC(=O)c1ccc(Nc2nc(SC)nn3ccnc23)cc1. The van der Waals surface area contributed by atoms with Crippen molar-refractivity contribution < 1.29 is 9.53 Å². The van der Waals surface area contributed by atoms with Gasteiger partial charge in [-0.2, -0.15) is 4.98 Å². The lowest BCUT2D eigenvalue weighted by Gasteiger charge is -2.08. The fraction of sp³-hybridized carbons (Fsp3) is 0.200. The number of esters is 1. The van der Waals surface area contributed by atoms with Crippen LogP contribution in [0.4, 0.5) is 11.5 Å². The second kappa shape index (κ2) is 6.66. The Morgan fingerprint density at radius 3 is 2.83 bits per heavy atom. The Morgan fingerprint density at radius 2 is 2.13 bits per heavy atom. The third-order valence-corrected chi connectivity index (χ3v) is 3.61. The lowest BCUT2D eigenvalue weighted by Crippen LogP contribution is -2.05. The molecule has 2 aromatic heterocycles. The molecule has 0 aliphatic carbocycles. The number of rotatable bonds is 5. The molecule has 0 aliphatic rings. The predicted molar refractivity (Wildman–Crippen MR) is 88.2 cm³/mol. The summed E-state index contributed by atoms with van der Waals surface area (Å²) in [6.07, 6.45) is 5.35. The Kier molecular flexibility index (Phi) is 4.42. The van der Waals surface area contributed by atoms with Gasteiger partial charge in [-0.05, 0) is 37.4 Å². The first-order chi connectivity index (χ1) is 11.2. The number of hydrogen-bond donors (Lipinski definition) is 1. The molecule has 118 valence electrons. The van der Waals surface area contributed by atoms with E-state index >= 15 is 0 Å². The van der Waals surface area contributed by atoms with Gasteiger partial charge in [0.25, 0.3) is 0 Å². The van der Waals surface area contributed by atoms with E-state index in [1.54, 1.807) is 48.1 Å². The topological polar surface area (TPSA) is 81.4 Å². The van der Waals surface area contributed by atoms with Crippen molar-refractivity contribution in [1.29, 1.82) is 0 Å². The molecule has 3 aromatic rings. The van der Waals surface area contributed by atoms with E-state index in [4.69, 9.17) is 4.74 Å².